The second-order valence-corrected chi connectivity index (χ2v) is 14.0. The van der Waals surface area contributed by atoms with Crippen molar-refractivity contribution >= 4 is 15.8 Å². The standard InChI is InChI=1S/C18H32P2/c1-17(2,3)19(7)13-15-10-9-11-16(12-15)14-20(8)18(4,5)6/h9-12H,13-14H2,1-8H3/t19-,20+. The van der Waals surface area contributed by atoms with Crippen molar-refractivity contribution in [2.45, 2.75) is 64.2 Å². The van der Waals surface area contributed by atoms with Crippen LogP contribution in [0.15, 0.2) is 24.3 Å². The fraction of sp³-hybridized carbons (Fsp3) is 0.667. The smallest absolute Gasteiger partial charge is 0.00708 e. The van der Waals surface area contributed by atoms with Crippen LogP contribution in [0, 0.1) is 0 Å². The molecule has 0 heterocycles. The van der Waals surface area contributed by atoms with Crippen molar-refractivity contribution < 1.29 is 0 Å². The van der Waals surface area contributed by atoms with Crippen molar-refractivity contribution in [2.24, 2.45) is 0 Å². The van der Waals surface area contributed by atoms with Gasteiger partial charge in [0.2, 0.25) is 0 Å². The topological polar surface area (TPSA) is 0 Å². The molecule has 0 aromatic heterocycles. The molecular formula is C18H32P2. The summed E-state index contributed by atoms with van der Waals surface area (Å²) in [5.74, 6) is 0. The number of hydrogen-bond donors (Lipinski definition) is 0. The predicted molar refractivity (Wildman–Crippen MR) is 99.0 cm³/mol. The van der Waals surface area contributed by atoms with Gasteiger partial charge in [-0.15, -0.1) is 0 Å². The van der Waals surface area contributed by atoms with Crippen molar-refractivity contribution in [2.75, 3.05) is 13.3 Å². The summed E-state index contributed by atoms with van der Waals surface area (Å²) in [6.45, 7) is 19.1. The minimum Gasteiger partial charge on any atom is -0.0999 e. The maximum atomic E-state index is 2.45. The fourth-order valence-electron chi connectivity index (χ4n) is 1.85. The molecule has 2 atom stereocenters. The Morgan fingerprint density at radius 3 is 1.40 bits per heavy atom. The third kappa shape index (κ3) is 5.83. The monoisotopic (exact) mass is 310 g/mol. The van der Waals surface area contributed by atoms with Crippen LogP contribution < -0.4 is 0 Å². The number of hydrogen-bond acceptors (Lipinski definition) is 0. The molecule has 0 radical (unpaired) electrons. The van der Waals surface area contributed by atoms with Crippen LogP contribution in [-0.4, -0.2) is 23.6 Å². The molecule has 0 saturated carbocycles. The van der Waals surface area contributed by atoms with E-state index in [4.69, 9.17) is 0 Å². The van der Waals surface area contributed by atoms with Gasteiger partial charge in [-0.25, -0.2) is 0 Å². The summed E-state index contributed by atoms with van der Waals surface area (Å²) >= 11 is 0. The Bertz CT molecular complexity index is 387. The number of rotatable bonds is 4. The lowest BCUT2D eigenvalue weighted by Crippen LogP contribution is -2.12. The minimum absolute atomic E-state index is 0.0521. The lowest BCUT2D eigenvalue weighted by molar-refractivity contribution is 0.782. The van der Waals surface area contributed by atoms with Crippen molar-refractivity contribution in [1.82, 2.24) is 0 Å². The van der Waals surface area contributed by atoms with Gasteiger partial charge in [-0.2, -0.15) is 0 Å². The Kier molecular flexibility index (Phi) is 6.25. The second kappa shape index (κ2) is 6.89. The van der Waals surface area contributed by atoms with E-state index in [1.54, 1.807) is 0 Å². The summed E-state index contributed by atoms with van der Waals surface area (Å²) in [6.07, 6.45) is 2.51. The summed E-state index contributed by atoms with van der Waals surface area (Å²) in [6, 6.07) is 9.32. The lowest BCUT2D eigenvalue weighted by atomic mass is 10.2. The largest absolute Gasteiger partial charge is 0.0999 e. The van der Waals surface area contributed by atoms with Crippen LogP contribution in [0.2, 0.25) is 0 Å². The molecule has 0 bridgehead atoms. The quantitative estimate of drug-likeness (QED) is 0.556. The molecule has 0 aliphatic heterocycles. The van der Waals surface area contributed by atoms with Gasteiger partial charge in [-0.05, 0) is 47.1 Å². The zero-order valence-corrected chi connectivity index (χ0v) is 16.4. The highest BCUT2D eigenvalue weighted by atomic mass is 31.1. The Morgan fingerprint density at radius 1 is 0.750 bits per heavy atom. The highest BCUT2D eigenvalue weighted by Crippen LogP contribution is 2.50. The first-order chi connectivity index (χ1) is 9.00. The van der Waals surface area contributed by atoms with Gasteiger partial charge in [0.15, 0.2) is 0 Å². The lowest BCUT2D eigenvalue weighted by Gasteiger charge is -2.29. The number of benzene rings is 1. The van der Waals surface area contributed by atoms with Crippen LogP contribution in [0.25, 0.3) is 0 Å². The molecule has 0 spiro atoms. The van der Waals surface area contributed by atoms with E-state index in [1.807, 2.05) is 0 Å². The van der Waals surface area contributed by atoms with Crippen LogP contribution >= 0.6 is 15.8 Å². The third-order valence-electron chi connectivity index (χ3n) is 4.12. The van der Waals surface area contributed by atoms with Gasteiger partial charge >= 0.3 is 0 Å². The average molecular weight is 310 g/mol. The van der Waals surface area contributed by atoms with Crippen molar-refractivity contribution in [3.63, 3.8) is 0 Å². The maximum absolute atomic E-state index is 2.45. The van der Waals surface area contributed by atoms with Gasteiger partial charge in [0.05, 0.1) is 0 Å². The van der Waals surface area contributed by atoms with E-state index in [9.17, 15) is 0 Å². The van der Waals surface area contributed by atoms with Gasteiger partial charge in [0, 0.05) is 0 Å². The molecule has 1 aromatic rings. The molecule has 114 valence electrons. The van der Waals surface area contributed by atoms with Gasteiger partial charge in [-0.3, -0.25) is 0 Å². The molecule has 1 rings (SSSR count). The molecule has 0 saturated heterocycles. The molecule has 0 aliphatic rings. The SMILES string of the molecule is C[P@](Cc1cccc(C[P@](C)C(C)(C)C)c1)C(C)(C)C. The first kappa shape index (κ1) is 18.1. The highest BCUT2D eigenvalue weighted by molar-refractivity contribution is 7.58. The van der Waals surface area contributed by atoms with E-state index >= 15 is 0 Å². The second-order valence-electron chi connectivity index (χ2n) is 7.87. The van der Waals surface area contributed by atoms with Gasteiger partial charge < -0.3 is 0 Å². The summed E-state index contributed by atoms with van der Waals surface area (Å²) < 4.78 is 0. The summed E-state index contributed by atoms with van der Waals surface area (Å²) in [5.41, 5.74) is 3.06. The Morgan fingerprint density at radius 2 is 1.10 bits per heavy atom. The summed E-state index contributed by atoms with van der Waals surface area (Å²) in [4.78, 5) is 0. The molecule has 0 N–H and O–H groups in total. The summed E-state index contributed by atoms with van der Waals surface area (Å²) in [7, 11) is 0.104. The Labute approximate surface area is 129 Å². The van der Waals surface area contributed by atoms with Gasteiger partial charge in [0.1, 0.15) is 0 Å². The molecule has 2 heteroatoms. The third-order valence-corrected chi connectivity index (χ3v) is 10.4. The minimum atomic E-state index is 0.0521. The molecule has 0 unspecified atom stereocenters. The van der Waals surface area contributed by atoms with Crippen LogP contribution in [0.3, 0.4) is 0 Å². The predicted octanol–water partition coefficient (Wildman–Crippen LogP) is 6.51. The van der Waals surface area contributed by atoms with Crippen LogP contribution in [0.1, 0.15) is 52.7 Å². The van der Waals surface area contributed by atoms with Gasteiger partial charge in [0.25, 0.3) is 0 Å². The molecule has 1 aromatic carbocycles. The molecule has 20 heavy (non-hydrogen) atoms. The van der Waals surface area contributed by atoms with E-state index in [-0.39, 0.29) is 15.8 Å². The van der Waals surface area contributed by atoms with Crippen LogP contribution in [0.4, 0.5) is 0 Å². The van der Waals surface area contributed by atoms with E-state index in [0.29, 0.717) is 10.3 Å². The first-order valence-corrected chi connectivity index (χ1v) is 11.5. The Balaban J connectivity index is 2.76. The van der Waals surface area contributed by atoms with E-state index in [2.05, 4.69) is 79.1 Å². The zero-order chi connectivity index (χ0) is 15.6. The van der Waals surface area contributed by atoms with Crippen molar-refractivity contribution in [1.29, 1.82) is 0 Å². The Hall–Kier alpha value is 0.0800. The average Bonchev–Trinajstić information content (AvgIpc) is 2.26. The normalized spacial score (nSPS) is 16.0. The molecule has 0 nitrogen and oxygen atoms in total. The maximum Gasteiger partial charge on any atom is -0.00708 e. The zero-order valence-electron chi connectivity index (χ0n) is 14.6. The molecule has 0 aliphatic carbocycles. The first-order valence-electron chi connectivity index (χ1n) is 7.50. The van der Waals surface area contributed by atoms with Crippen LogP contribution in [0.5, 0.6) is 0 Å². The van der Waals surface area contributed by atoms with E-state index < -0.39 is 0 Å². The van der Waals surface area contributed by atoms with Crippen molar-refractivity contribution in [3.8, 4) is 0 Å². The van der Waals surface area contributed by atoms with E-state index in [1.165, 1.54) is 23.5 Å². The molecular weight excluding hydrogens is 278 g/mol. The highest BCUT2D eigenvalue weighted by Gasteiger charge is 2.21. The molecule has 0 amide bonds. The summed E-state index contributed by atoms with van der Waals surface area (Å²) in [5, 5.41) is 0.905. The molecule has 0 fully saturated rings. The van der Waals surface area contributed by atoms with E-state index in [0.717, 1.165) is 0 Å². The van der Waals surface area contributed by atoms with Crippen LogP contribution in [-0.2, 0) is 12.3 Å². The fourth-order valence-corrected chi connectivity index (χ4v) is 4.29. The van der Waals surface area contributed by atoms with Crippen molar-refractivity contribution in [3.05, 3.63) is 35.4 Å². The van der Waals surface area contributed by atoms with Gasteiger partial charge in [-0.1, -0.05) is 81.7 Å².